The Bertz CT molecular complexity index is 839. The van der Waals surface area contributed by atoms with Gasteiger partial charge in [0.15, 0.2) is 11.5 Å². The van der Waals surface area contributed by atoms with Gasteiger partial charge in [0.05, 0.1) is 0 Å². The Labute approximate surface area is 133 Å². The monoisotopic (exact) mass is 306 g/mol. The Balaban J connectivity index is 1.50. The number of fused-ring (bicyclic) bond motifs is 1. The van der Waals surface area contributed by atoms with Gasteiger partial charge < -0.3 is 19.4 Å². The second-order valence-corrected chi connectivity index (χ2v) is 5.16. The zero-order valence-corrected chi connectivity index (χ0v) is 12.2. The molecule has 0 radical (unpaired) electrons. The SMILES string of the molecule is O=C(Nc1ccc(-n2cccc2)cc1)c1ccc2c(c1)OCO2. The quantitative estimate of drug-likeness (QED) is 0.806. The first-order valence-electron chi connectivity index (χ1n) is 7.24. The molecule has 0 atom stereocenters. The number of anilines is 1. The highest BCUT2D eigenvalue weighted by atomic mass is 16.7. The first-order chi connectivity index (χ1) is 11.3. The number of amides is 1. The summed E-state index contributed by atoms with van der Waals surface area (Å²) < 4.78 is 12.5. The van der Waals surface area contributed by atoms with Gasteiger partial charge in [-0.1, -0.05) is 0 Å². The van der Waals surface area contributed by atoms with Crippen LogP contribution in [0.2, 0.25) is 0 Å². The largest absolute Gasteiger partial charge is 0.454 e. The lowest BCUT2D eigenvalue weighted by Crippen LogP contribution is -2.11. The van der Waals surface area contributed by atoms with E-state index >= 15 is 0 Å². The lowest BCUT2D eigenvalue weighted by Gasteiger charge is -2.08. The van der Waals surface area contributed by atoms with Gasteiger partial charge in [0.2, 0.25) is 6.79 Å². The van der Waals surface area contributed by atoms with Crippen LogP contribution in [0.3, 0.4) is 0 Å². The molecule has 5 nitrogen and oxygen atoms in total. The van der Waals surface area contributed by atoms with Crippen LogP contribution in [0.5, 0.6) is 11.5 Å². The third kappa shape index (κ3) is 2.64. The normalized spacial score (nSPS) is 12.2. The molecule has 4 rings (SSSR count). The topological polar surface area (TPSA) is 52.5 Å². The van der Waals surface area contributed by atoms with Gasteiger partial charge in [-0.05, 0) is 54.6 Å². The van der Waals surface area contributed by atoms with Crippen LogP contribution in [0, 0.1) is 0 Å². The molecular formula is C18H14N2O3. The van der Waals surface area contributed by atoms with Gasteiger partial charge in [0, 0.05) is 29.3 Å². The van der Waals surface area contributed by atoms with Crippen molar-refractivity contribution in [3.63, 3.8) is 0 Å². The summed E-state index contributed by atoms with van der Waals surface area (Å²) in [6.07, 6.45) is 3.94. The minimum atomic E-state index is -0.183. The van der Waals surface area contributed by atoms with Gasteiger partial charge >= 0.3 is 0 Å². The minimum absolute atomic E-state index is 0.183. The van der Waals surface area contributed by atoms with Crippen LogP contribution in [0.4, 0.5) is 5.69 Å². The Morgan fingerprint density at radius 3 is 2.48 bits per heavy atom. The summed E-state index contributed by atoms with van der Waals surface area (Å²) in [6.45, 7) is 0.196. The molecule has 0 saturated carbocycles. The van der Waals surface area contributed by atoms with Gasteiger partial charge in [-0.15, -0.1) is 0 Å². The Morgan fingerprint density at radius 1 is 0.957 bits per heavy atom. The number of rotatable bonds is 3. The Kier molecular flexibility index (Phi) is 3.24. The van der Waals surface area contributed by atoms with Crippen molar-refractivity contribution in [1.82, 2.24) is 4.57 Å². The van der Waals surface area contributed by atoms with Gasteiger partial charge in [-0.25, -0.2) is 0 Å². The maximum absolute atomic E-state index is 12.3. The lowest BCUT2D eigenvalue weighted by molar-refractivity contribution is 0.102. The summed E-state index contributed by atoms with van der Waals surface area (Å²) in [6, 6.07) is 16.7. The highest BCUT2D eigenvalue weighted by molar-refractivity contribution is 6.04. The van der Waals surface area contributed by atoms with E-state index in [0.29, 0.717) is 17.1 Å². The molecule has 0 spiro atoms. The molecule has 3 aromatic rings. The predicted molar refractivity (Wildman–Crippen MR) is 86.3 cm³/mol. The maximum Gasteiger partial charge on any atom is 0.255 e. The molecule has 23 heavy (non-hydrogen) atoms. The average molecular weight is 306 g/mol. The number of benzene rings is 2. The van der Waals surface area contributed by atoms with Crippen molar-refractivity contribution in [2.24, 2.45) is 0 Å². The van der Waals surface area contributed by atoms with E-state index in [0.717, 1.165) is 11.4 Å². The summed E-state index contributed by atoms with van der Waals surface area (Å²) in [4.78, 5) is 12.3. The fourth-order valence-corrected chi connectivity index (χ4v) is 2.46. The van der Waals surface area contributed by atoms with E-state index < -0.39 is 0 Å². The van der Waals surface area contributed by atoms with Gasteiger partial charge in [0.25, 0.3) is 5.91 Å². The third-order valence-electron chi connectivity index (χ3n) is 3.66. The van der Waals surface area contributed by atoms with E-state index in [9.17, 15) is 4.79 Å². The number of hydrogen-bond acceptors (Lipinski definition) is 3. The molecule has 0 saturated heterocycles. The van der Waals surface area contributed by atoms with E-state index in [4.69, 9.17) is 9.47 Å². The molecule has 2 aromatic carbocycles. The molecule has 0 aliphatic carbocycles. The number of carbonyl (C=O) groups excluding carboxylic acids is 1. The van der Waals surface area contributed by atoms with Gasteiger partial charge in [-0.2, -0.15) is 0 Å². The molecule has 5 heteroatoms. The van der Waals surface area contributed by atoms with Gasteiger partial charge in [-0.3, -0.25) is 4.79 Å². The van der Waals surface area contributed by atoms with E-state index in [-0.39, 0.29) is 12.7 Å². The number of nitrogens with one attached hydrogen (secondary N) is 1. The number of hydrogen-bond donors (Lipinski definition) is 1. The van der Waals surface area contributed by atoms with Crippen molar-refractivity contribution in [3.05, 3.63) is 72.6 Å². The van der Waals surface area contributed by atoms with Crippen molar-refractivity contribution < 1.29 is 14.3 Å². The molecule has 0 unspecified atom stereocenters. The standard InChI is InChI=1S/C18H14N2O3/c21-18(13-3-8-16-17(11-13)23-12-22-16)19-14-4-6-15(7-5-14)20-9-1-2-10-20/h1-11H,12H2,(H,19,21). The predicted octanol–water partition coefficient (Wildman–Crippen LogP) is 3.46. The fraction of sp³-hybridized carbons (Fsp3) is 0.0556. The summed E-state index contributed by atoms with van der Waals surface area (Å²) in [5, 5.41) is 2.88. The minimum Gasteiger partial charge on any atom is -0.454 e. The summed E-state index contributed by atoms with van der Waals surface area (Å²) in [5.74, 6) is 1.08. The second kappa shape index (κ2) is 5.53. The molecule has 0 fully saturated rings. The molecule has 0 bridgehead atoms. The Morgan fingerprint density at radius 2 is 1.70 bits per heavy atom. The molecule has 114 valence electrons. The average Bonchev–Trinajstić information content (AvgIpc) is 3.26. The third-order valence-corrected chi connectivity index (χ3v) is 3.66. The number of carbonyl (C=O) groups is 1. The van der Waals surface area contributed by atoms with Crippen molar-refractivity contribution in [2.75, 3.05) is 12.1 Å². The number of nitrogens with zero attached hydrogens (tertiary/aromatic N) is 1. The van der Waals surface area contributed by atoms with Crippen LogP contribution in [0.1, 0.15) is 10.4 Å². The zero-order chi connectivity index (χ0) is 15.6. The first-order valence-corrected chi connectivity index (χ1v) is 7.24. The van der Waals surface area contributed by atoms with E-state index in [1.54, 1.807) is 18.2 Å². The lowest BCUT2D eigenvalue weighted by atomic mass is 10.2. The van der Waals surface area contributed by atoms with Crippen LogP contribution < -0.4 is 14.8 Å². The summed E-state index contributed by atoms with van der Waals surface area (Å²) >= 11 is 0. The summed E-state index contributed by atoms with van der Waals surface area (Å²) in [7, 11) is 0. The van der Waals surface area contributed by atoms with Crippen LogP contribution >= 0.6 is 0 Å². The molecule has 2 heterocycles. The first kappa shape index (κ1) is 13.5. The van der Waals surface area contributed by atoms with Crippen LogP contribution in [-0.2, 0) is 0 Å². The highest BCUT2D eigenvalue weighted by Crippen LogP contribution is 2.32. The molecule has 1 aromatic heterocycles. The molecule has 1 N–H and O–H groups in total. The summed E-state index contributed by atoms with van der Waals surface area (Å²) in [5.41, 5.74) is 2.31. The van der Waals surface area contributed by atoms with Gasteiger partial charge in [0.1, 0.15) is 0 Å². The maximum atomic E-state index is 12.3. The molecule has 1 aliphatic heterocycles. The number of ether oxygens (including phenoxy) is 2. The molecule has 1 amide bonds. The fourth-order valence-electron chi connectivity index (χ4n) is 2.46. The van der Waals surface area contributed by atoms with Crippen LogP contribution in [0.15, 0.2) is 67.0 Å². The Hall–Kier alpha value is -3.21. The van der Waals surface area contributed by atoms with Crippen molar-refractivity contribution in [2.45, 2.75) is 0 Å². The van der Waals surface area contributed by atoms with Crippen molar-refractivity contribution >= 4 is 11.6 Å². The molecular weight excluding hydrogens is 292 g/mol. The zero-order valence-electron chi connectivity index (χ0n) is 12.2. The smallest absolute Gasteiger partial charge is 0.255 e. The van der Waals surface area contributed by atoms with E-state index in [1.807, 2.05) is 53.4 Å². The second-order valence-electron chi connectivity index (χ2n) is 5.16. The van der Waals surface area contributed by atoms with Crippen molar-refractivity contribution in [1.29, 1.82) is 0 Å². The van der Waals surface area contributed by atoms with Crippen LogP contribution in [-0.4, -0.2) is 17.3 Å². The van der Waals surface area contributed by atoms with Crippen LogP contribution in [0.25, 0.3) is 5.69 Å². The van der Waals surface area contributed by atoms with E-state index in [2.05, 4.69) is 5.32 Å². The number of aromatic nitrogens is 1. The molecule has 1 aliphatic rings. The van der Waals surface area contributed by atoms with Crippen molar-refractivity contribution in [3.8, 4) is 17.2 Å². The van der Waals surface area contributed by atoms with E-state index in [1.165, 1.54) is 0 Å². The highest BCUT2D eigenvalue weighted by Gasteiger charge is 2.16.